The quantitative estimate of drug-likeness (QED) is 0.753. The summed E-state index contributed by atoms with van der Waals surface area (Å²) < 4.78 is 1.91. The first kappa shape index (κ1) is 17.5. The van der Waals surface area contributed by atoms with Gasteiger partial charge in [0.25, 0.3) is 5.91 Å². The van der Waals surface area contributed by atoms with Crippen molar-refractivity contribution in [3.8, 4) is 0 Å². The second kappa shape index (κ2) is 8.09. The van der Waals surface area contributed by atoms with Crippen LogP contribution < -0.4 is 16.0 Å². The summed E-state index contributed by atoms with van der Waals surface area (Å²) in [5.41, 5.74) is 1.02. The third-order valence-corrected chi connectivity index (χ3v) is 3.45. The highest BCUT2D eigenvalue weighted by molar-refractivity contribution is 5.96. The minimum Gasteiger partial charge on any atom is -0.355 e. The van der Waals surface area contributed by atoms with Crippen molar-refractivity contribution in [1.82, 2.24) is 25.4 Å². The van der Waals surface area contributed by atoms with Gasteiger partial charge in [-0.2, -0.15) is 0 Å². The van der Waals surface area contributed by atoms with E-state index in [4.69, 9.17) is 0 Å². The zero-order valence-electron chi connectivity index (χ0n) is 14.0. The standard InChI is InChI=1S/C16H22N6O2/c1-4-8-22-10-18-21-14(22)11(2)19-16(24)20-13-7-5-6-12(9-13)15(23)17-3/h5-7,9-11H,4,8H2,1-3H3,(H,17,23)(H2,19,20,24)/t11-/m0/s1. The average molecular weight is 330 g/mol. The van der Waals surface area contributed by atoms with Crippen LogP contribution in [0.5, 0.6) is 0 Å². The van der Waals surface area contributed by atoms with E-state index < -0.39 is 0 Å². The highest BCUT2D eigenvalue weighted by Crippen LogP contribution is 2.13. The van der Waals surface area contributed by atoms with Crippen molar-refractivity contribution in [3.63, 3.8) is 0 Å². The summed E-state index contributed by atoms with van der Waals surface area (Å²) in [4.78, 5) is 23.8. The Morgan fingerprint density at radius 1 is 1.33 bits per heavy atom. The number of nitrogens with zero attached hydrogens (tertiary/aromatic N) is 3. The molecule has 128 valence electrons. The highest BCUT2D eigenvalue weighted by Gasteiger charge is 2.15. The summed E-state index contributed by atoms with van der Waals surface area (Å²) in [5.74, 6) is 0.492. The van der Waals surface area contributed by atoms with Gasteiger partial charge in [-0.1, -0.05) is 13.0 Å². The molecule has 24 heavy (non-hydrogen) atoms. The van der Waals surface area contributed by atoms with Gasteiger partial charge in [-0.3, -0.25) is 4.79 Å². The van der Waals surface area contributed by atoms with E-state index in [2.05, 4.69) is 33.1 Å². The Morgan fingerprint density at radius 2 is 2.12 bits per heavy atom. The molecular formula is C16H22N6O2. The van der Waals surface area contributed by atoms with Gasteiger partial charge < -0.3 is 20.5 Å². The summed E-state index contributed by atoms with van der Waals surface area (Å²) in [5, 5.41) is 16.0. The minimum absolute atomic E-state index is 0.208. The van der Waals surface area contributed by atoms with E-state index in [1.54, 1.807) is 37.6 Å². The number of benzene rings is 1. The predicted molar refractivity (Wildman–Crippen MR) is 90.7 cm³/mol. The van der Waals surface area contributed by atoms with Gasteiger partial charge in [0, 0.05) is 24.8 Å². The molecule has 0 spiro atoms. The van der Waals surface area contributed by atoms with Gasteiger partial charge in [0.15, 0.2) is 5.82 Å². The summed E-state index contributed by atoms with van der Waals surface area (Å²) in [7, 11) is 1.56. The molecule has 2 rings (SSSR count). The number of amides is 3. The number of aryl methyl sites for hydroxylation is 1. The first-order valence-corrected chi connectivity index (χ1v) is 7.82. The van der Waals surface area contributed by atoms with Crippen molar-refractivity contribution in [1.29, 1.82) is 0 Å². The van der Waals surface area contributed by atoms with Crippen LogP contribution in [0.4, 0.5) is 10.5 Å². The largest absolute Gasteiger partial charge is 0.355 e. The Kier molecular flexibility index (Phi) is 5.89. The lowest BCUT2D eigenvalue weighted by Crippen LogP contribution is -2.32. The van der Waals surface area contributed by atoms with Gasteiger partial charge in [0.1, 0.15) is 6.33 Å². The Morgan fingerprint density at radius 3 is 2.83 bits per heavy atom. The van der Waals surface area contributed by atoms with E-state index in [0.717, 1.165) is 13.0 Å². The average Bonchev–Trinajstić information content (AvgIpc) is 3.03. The van der Waals surface area contributed by atoms with Crippen LogP contribution in [-0.4, -0.2) is 33.8 Å². The second-order valence-electron chi connectivity index (χ2n) is 5.36. The number of carbonyl (C=O) groups excluding carboxylic acids is 2. The summed E-state index contributed by atoms with van der Waals surface area (Å²) in [6.45, 7) is 4.70. The molecule has 8 nitrogen and oxygen atoms in total. The normalized spacial score (nSPS) is 11.6. The number of aromatic nitrogens is 3. The van der Waals surface area contributed by atoms with Gasteiger partial charge in [-0.05, 0) is 31.5 Å². The van der Waals surface area contributed by atoms with E-state index in [-0.39, 0.29) is 18.0 Å². The minimum atomic E-state index is -0.373. The Balaban J connectivity index is 2.00. The number of hydrogen-bond acceptors (Lipinski definition) is 4. The lowest BCUT2D eigenvalue weighted by molar-refractivity contribution is 0.0963. The van der Waals surface area contributed by atoms with E-state index in [1.165, 1.54) is 0 Å². The number of carbonyl (C=O) groups is 2. The Hall–Kier alpha value is -2.90. The number of nitrogens with one attached hydrogen (secondary N) is 3. The highest BCUT2D eigenvalue weighted by atomic mass is 16.2. The van der Waals surface area contributed by atoms with Crippen LogP contribution in [0.25, 0.3) is 0 Å². The molecule has 0 aliphatic carbocycles. The molecule has 3 N–H and O–H groups in total. The molecule has 8 heteroatoms. The van der Waals surface area contributed by atoms with Gasteiger partial charge in [0.05, 0.1) is 6.04 Å². The predicted octanol–water partition coefficient (Wildman–Crippen LogP) is 1.93. The van der Waals surface area contributed by atoms with Crippen LogP contribution in [0.3, 0.4) is 0 Å². The lowest BCUT2D eigenvalue weighted by atomic mass is 10.2. The number of rotatable bonds is 6. The summed E-state index contributed by atoms with van der Waals surface area (Å²) >= 11 is 0. The first-order chi connectivity index (χ1) is 11.5. The molecule has 1 heterocycles. The van der Waals surface area contributed by atoms with Crippen LogP contribution in [-0.2, 0) is 6.54 Å². The van der Waals surface area contributed by atoms with Crippen molar-refractivity contribution in [2.75, 3.05) is 12.4 Å². The molecule has 3 amide bonds. The molecular weight excluding hydrogens is 308 g/mol. The maximum absolute atomic E-state index is 12.2. The van der Waals surface area contributed by atoms with Crippen LogP contribution in [0.15, 0.2) is 30.6 Å². The molecule has 0 bridgehead atoms. The Labute approximate surface area is 140 Å². The summed E-state index contributed by atoms with van der Waals surface area (Å²) in [6.07, 6.45) is 2.61. The third-order valence-electron chi connectivity index (χ3n) is 3.45. The molecule has 0 aliphatic rings. The molecule has 0 unspecified atom stereocenters. The molecule has 0 aliphatic heterocycles. The topological polar surface area (TPSA) is 101 Å². The fourth-order valence-corrected chi connectivity index (χ4v) is 2.32. The van der Waals surface area contributed by atoms with Crippen molar-refractivity contribution in [3.05, 3.63) is 42.0 Å². The number of anilines is 1. The van der Waals surface area contributed by atoms with Crippen molar-refractivity contribution in [2.45, 2.75) is 32.9 Å². The zero-order chi connectivity index (χ0) is 17.5. The molecule has 0 saturated heterocycles. The van der Waals surface area contributed by atoms with Crippen LogP contribution in [0.1, 0.15) is 42.5 Å². The molecule has 0 saturated carbocycles. The third kappa shape index (κ3) is 4.31. The lowest BCUT2D eigenvalue weighted by Gasteiger charge is -2.15. The fourth-order valence-electron chi connectivity index (χ4n) is 2.32. The number of urea groups is 1. The SMILES string of the molecule is CCCn1cnnc1[C@H](C)NC(=O)Nc1cccc(C(=O)NC)c1. The number of hydrogen-bond donors (Lipinski definition) is 3. The van der Waals surface area contributed by atoms with Crippen LogP contribution in [0.2, 0.25) is 0 Å². The molecule has 0 radical (unpaired) electrons. The van der Waals surface area contributed by atoms with Crippen LogP contribution >= 0.6 is 0 Å². The van der Waals surface area contributed by atoms with Crippen molar-refractivity contribution >= 4 is 17.6 Å². The zero-order valence-corrected chi connectivity index (χ0v) is 14.0. The van der Waals surface area contributed by atoms with E-state index in [0.29, 0.717) is 17.1 Å². The van der Waals surface area contributed by atoms with Gasteiger partial charge in [-0.15, -0.1) is 10.2 Å². The molecule has 1 aromatic carbocycles. The van der Waals surface area contributed by atoms with Crippen molar-refractivity contribution < 1.29 is 9.59 Å². The van der Waals surface area contributed by atoms with Gasteiger partial charge in [0.2, 0.25) is 0 Å². The van der Waals surface area contributed by atoms with Crippen LogP contribution in [0, 0.1) is 0 Å². The summed E-state index contributed by atoms with van der Waals surface area (Å²) in [6, 6.07) is 6.06. The van der Waals surface area contributed by atoms with E-state index in [1.807, 2.05) is 11.5 Å². The smallest absolute Gasteiger partial charge is 0.319 e. The second-order valence-corrected chi connectivity index (χ2v) is 5.36. The molecule has 1 aromatic heterocycles. The van der Waals surface area contributed by atoms with E-state index in [9.17, 15) is 9.59 Å². The molecule has 1 atom stereocenters. The fraction of sp³-hybridized carbons (Fsp3) is 0.375. The molecule has 0 fully saturated rings. The maximum atomic E-state index is 12.2. The van der Waals surface area contributed by atoms with Gasteiger partial charge in [-0.25, -0.2) is 4.79 Å². The van der Waals surface area contributed by atoms with E-state index >= 15 is 0 Å². The maximum Gasteiger partial charge on any atom is 0.319 e. The van der Waals surface area contributed by atoms with Gasteiger partial charge >= 0.3 is 6.03 Å². The first-order valence-electron chi connectivity index (χ1n) is 7.82. The Bertz CT molecular complexity index is 712. The monoisotopic (exact) mass is 330 g/mol. The van der Waals surface area contributed by atoms with Crippen molar-refractivity contribution in [2.24, 2.45) is 0 Å². The molecule has 2 aromatic rings.